The second-order valence-corrected chi connectivity index (χ2v) is 3.83. The van der Waals surface area contributed by atoms with Gasteiger partial charge in [0.25, 0.3) is 0 Å². The Hall–Kier alpha value is -0.920. The fourth-order valence-electron chi connectivity index (χ4n) is 0.904. The van der Waals surface area contributed by atoms with Crippen LogP contribution in [-0.2, 0) is 0 Å². The van der Waals surface area contributed by atoms with E-state index in [0.717, 1.165) is 12.1 Å². The Morgan fingerprint density at radius 2 is 2.13 bits per heavy atom. The van der Waals surface area contributed by atoms with Crippen LogP contribution in [0.5, 0.6) is 0 Å². The normalized spacial score (nSPS) is 12.2. The molecule has 0 aromatic heterocycles. The lowest BCUT2D eigenvalue weighted by Crippen LogP contribution is -2.06. The Balaban J connectivity index is 4.56. The van der Waals surface area contributed by atoms with Gasteiger partial charge >= 0.3 is 0 Å². The topological polar surface area (TPSA) is 84.1 Å². The van der Waals surface area contributed by atoms with E-state index in [9.17, 15) is 0 Å². The molecular weight excluding hydrogens is 305 g/mol. The third-order valence-corrected chi connectivity index (χ3v) is 2.28. The number of nitrogens with one attached hydrogen (secondary N) is 4. The van der Waals surface area contributed by atoms with E-state index < -0.39 is 0 Å². The van der Waals surface area contributed by atoms with Gasteiger partial charge in [-0.15, -0.1) is 0 Å². The highest BCUT2D eigenvalue weighted by molar-refractivity contribution is 14.1. The number of nitrogens with zero attached hydrogens (tertiary/aromatic N) is 1. The van der Waals surface area contributed by atoms with Crippen LogP contribution in [-0.4, -0.2) is 17.3 Å². The van der Waals surface area contributed by atoms with Crippen molar-refractivity contribution in [2.24, 2.45) is 5.11 Å². The predicted molar refractivity (Wildman–Crippen MR) is 70.4 cm³/mol. The molecule has 0 fully saturated rings. The van der Waals surface area contributed by atoms with Crippen LogP contribution in [0.4, 0.5) is 0 Å². The van der Waals surface area contributed by atoms with Crippen molar-refractivity contribution < 1.29 is 0 Å². The molecule has 0 spiro atoms. The summed E-state index contributed by atoms with van der Waals surface area (Å²) in [6.45, 7) is 2.77. The van der Waals surface area contributed by atoms with E-state index in [0.29, 0.717) is 15.8 Å². The molecule has 0 aromatic rings. The van der Waals surface area contributed by atoms with Crippen molar-refractivity contribution in [2.75, 3.05) is 13.6 Å². The zero-order valence-electron chi connectivity index (χ0n) is 8.89. The first-order chi connectivity index (χ1) is 7.15. The maximum atomic E-state index is 7.53. The summed E-state index contributed by atoms with van der Waals surface area (Å²) in [5.41, 5.74) is 8.43. The fourth-order valence-corrected chi connectivity index (χ4v) is 1.25. The van der Waals surface area contributed by atoms with Crippen LogP contribution in [0.2, 0.25) is 0 Å². The molecule has 4 N–H and O–H groups in total. The van der Waals surface area contributed by atoms with E-state index in [4.69, 9.17) is 10.9 Å². The van der Waals surface area contributed by atoms with Crippen LogP contribution < -0.4 is 10.6 Å². The van der Waals surface area contributed by atoms with E-state index >= 15 is 0 Å². The Labute approximate surface area is 104 Å². The van der Waals surface area contributed by atoms with Gasteiger partial charge in [-0.3, -0.25) is 5.41 Å². The second kappa shape index (κ2) is 8.39. The summed E-state index contributed by atoms with van der Waals surface area (Å²) in [6.07, 6.45) is 3.94. The maximum Gasteiger partial charge on any atom is 0.0970 e. The molecule has 0 atom stereocenters. The molecule has 0 saturated carbocycles. The minimum Gasteiger partial charge on any atom is -0.394 e. The Bertz CT molecular complexity index is 282. The second-order valence-electron chi connectivity index (χ2n) is 2.75. The molecule has 0 radical (unpaired) electrons. The van der Waals surface area contributed by atoms with Crippen LogP contribution in [0, 0.1) is 10.9 Å². The number of hydrogen-bond acceptors (Lipinski definition) is 5. The van der Waals surface area contributed by atoms with Crippen molar-refractivity contribution in [2.45, 2.75) is 13.3 Å². The van der Waals surface area contributed by atoms with E-state index in [2.05, 4.69) is 15.7 Å². The van der Waals surface area contributed by atoms with Crippen molar-refractivity contribution >= 4 is 26.3 Å². The van der Waals surface area contributed by atoms with Gasteiger partial charge in [0.1, 0.15) is 0 Å². The lowest BCUT2D eigenvalue weighted by Gasteiger charge is -2.05. The number of halogens is 1. The van der Waals surface area contributed by atoms with Gasteiger partial charge in [-0.25, -0.2) is 5.53 Å². The van der Waals surface area contributed by atoms with Gasteiger partial charge in [-0.05, 0) is 29.5 Å². The van der Waals surface area contributed by atoms with Gasteiger partial charge in [-0.1, -0.05) is 0 Å². The predicted octanol–water partition coefficient (Wildman–Crippen LogP) is 2.37. The summed E-state index contributed by atoms with van der Waals surface area (Å²) in [5.74, 6) is 0. The third-order valence-electron chi connectivity index (χ3n) is 1.59. The molecule has 0 aliphatic carbocycles. The molecule has 0 amide bonds. The van der Waals surface area contributed by atoms with Crippen LogP contribution in [0.1, 0.15) is 13.3 Å². The molecule has 5 nitrogen and oxygen atoms in total. The zero-order valence-corrected chi connectivity index (χ0v) is 11.1. The monoisotopic (exact) mass is 321 g/mol. The van der Waals surface area contributed by atoms with Crippen LogP contribution in [0.25, 0.3) is 0 Å². The molecule has 0 aliphatic rings. The third kappa shape index (κ3) is 6.21. The minimum atomic E-state index is 0.452. The number of hydrogen-bond donors (Lipinski definition) is 4. The van der Waals surface area contributed by atoms with Gasteiger partial charge in [0.15, 0.2) is 0 Å². The van der Waals surface area contributed by atoms with Crippen molar-refractivity contribution in [3.8, 4) is 0 Å². The smallest absolute Gasteiger partial charge is 0.0970 e. The Morgan fingerprint density at radius 3 is 2.53 bits per heavy atom. The molecule has 15 heavy (non-hydrogen) atoms. The Kier molecular flexibility index (Phi) is 7.88. The first-order valence-electron chi connectivity index (χ1n) is 4.56. The summed E-state index contributed by atoms with van der Waals surface area (Å²) < 4.78 is 0.452. The van der Waals surface area contributed by atoms with Gasteiger partial charge in [0.05, 0.1) is 9.42 Å². The molecule has 0 unspecified atom stereocenters. The number of allylic oxidation sites excluding steroid dienone is 1. The van der Waals surface area contributed by atoms with Crippen LogP contribution in [0.15, 0.2) is 28.8 Å². The fraction of sp³-hybridized carbons (Fsp3) is 0.444. The largest absolute Gasteiger partial charge is 0.394 e. The Morgan fingerprint density at radius 1 is 1.47 bits per heavy atom. The summed E-state index contributed by atoms with van der Waals surface area (Å²) in [4.78, 5) is 0. The molecular formula is C9H16IN5. The highest BCUT2D eigenvalue weighted by atomic mass is 127. The summed E-state index contributed by atoms with van der Waals surface area (Å²) in [7, 11) is 1.78. The van der Waals surface area contributed by atoms with Crippen LogP contribution in [0.3, 0.4) is 0 Å². The molecule has 0 aromatic carbocycles. The first kappa shape index (κ1) is 14.1. The standard InChI is InChI=1S/C9H16IN5/c1-3-14-6-8(15-12)4-7(5-13-2)9(10)11/h5-6,11-14H,3-4H2,1-2H3/b7-5-,8-6-,11-9?,15-12?. The lowest BCUT2D eigenvalue weighted by atomic mass is 10.2. The quantitative estimate of drug-likeness (QED) is 0.330. The average Bonchev–Trinajstić information content (AvgIpc) is 2.22. The summed E-state index contributed by atoms with van der Waals surface area (Å²) in [6, 6.07) is 0. The van der Waals surface area contributed by atoms with Crippen molar-refractivity contribution in [3.63, 3.8) is 0 Å². The van der Waals surface area contributed by atoms with Gasteiger partial charge < -0.3 is 10.6 Å². The van der Waals surface area contributed by atoms with Gasteiger partial charge in [0.2, 0.25) is 0 Å². The lowest BCUT2D eigenvalue weighted by molar-refractivity contribution is 0.874. The van der Waals surface area contributed by atoms with Crippen molar-refractivity contribution in [3.05, 3.63) is 23.7 Å². The van der Waals surface area contributed by atoms with Gasteiger partial charge in [0, 0.05) is 38.0 Å². The van der Waals surface area contributed by atoms with E-state index in [1.165, 1.54) is 0 Å². The molecule has 6 heteroatoms. The van der Waals surface area contributed by atoms with E-state index in [-0.39, 0.29) is 0 Å². The van der Waals surface area contributed by atoms with Crippen molar-refractivity contribution in [1.29, 1.82) is 10.9 Å². The number of rotatable bonds is 7. The SMILES string of the molecule is CCN/C=C(/C/C(=C/NC)C(=N)I)N=N. The van der Waals surface area contributed by atoms with E-state index in [1.807, 2.05) is 29.5 Å². The highest BCUT2D eigenvalue weighted by Crippen LogP contribution is 2.15. The molecule has 0 rings (SSSR count). The molecule has 0 saturated heterocycles. The summed E-state index contributed by atoms with van der Waals surface area (Å²) in [5, 5.41) is 16.8. The minimum absolute atomic E-state index is 0.452. The molecule has 0 aliphatic heterocycles. The maximum absolute atomic E-state index is 7.53. The molecule has 0 heterocycles. The first-order valence-corrected chi connectivity index (χ1v) is 5.64. The van der Waals surface area contributed by atoms with Gasteiger partial charge in [-0.2, -0.15) is 5.11 Å². The average molecular weight is 321 g/mol. The van der Waals surface area contributed by atoms with Crippen molar-refractivity contribution in [1.82, 2.24) is 10.6 Å². The summed E-state index contributed by atoms with van der Waals surface area (Å²) >= 11 is 1.94. The van der Waals surface area contributed by atoms with Crippen LogP contribution >= 0.6 is 22.6 Å². The molecule has 84 valence electrons. The zero-order chi connectivity index (χ0) is 11.7. The highest BCUT2D eigenvalue weighted by Gasteiger charge is 2.05. The van der Waals surface area contributed by atoms with E-state index in [1.54, 1.807) is 19.4 Å². The molecule has 0 bridgehead atoms.